The minimum Gasteiger partial charge on any atom is -0.500 e. The van der Waals surface area contributed by atoms with Gasteiger partial charge >= 0.3 is 5.97 Å². The fraction of sp³-hybridized carbons (Fsp3) is 0.316. The van der Waals surface area contributed by atoms with Gasteiger partial charge in [0.15, 0.2) is 0 Å². The highest BCUT2D eigenvalue weighted by Gasteiger charge is 2.24. The van der Waals surface area contributed by atoms with Crippen LogP contribution in [-0.2, 0) is 19.0 Å². The number of rotatable bonds is 9. The summed E-state index contributed by atoms with van der Waals surface area (Å²) in [6.45, 7) is 3.77. The van der Waals surface area contributed by atoms with E-state index in [4.69, 9.17) is 9.47 Å². The van der Waals surface area contributed by atoms with Gasteiger partial charge in [0.25, 0.3) is 0 Å². The Bertz CT molecular complexity index is 546. The number of hydrogen-bond donors (Lipinski definition) is 0. The largest absolute Gasteiger partial charge is 0.500 e. The molecule has 0 aliphatic rings. The number of ether oxygens (including phenoxy) is 3. The van der Waals surface area contributed by atoms with Crippen molar-refractivity contribution in [2.24, 2.45) is 5.92 Å². The van der Waals surface area contributed by atoms with E-state index in [0.29, 0.717) is 12.2 Å². The molecule has 0 amide bonds. The standard InChI is InChI=1S/C19H24O4/c1-5-9-16(18(22-3)14-19(20)23-4)17(21-2)13-12-15-10-7-6-8-11-15/h5-8,10-14,16-17H,1,9H2,2-4H3/b13-12+,18-14-. The van der Waals surface area contributed by atoms with E-state index in [2.05, 4.69) is 11.3 Å². The van der Waals surface area contributed by atoms with Crippen molar-refractivity contribution in [2.45, 2.75) is 12.5 Å². The third-order valence-corrected chi connectivity index (χ3v) is 3.43. The van der Waals surface area contributed by atoms with E-state index in [1.165, 1.54) is 20.3 Å². The first-order chi connectivity index (χ1) is 11.2. The van der Waals surface area contributed by atoms with Gasteiger partial charge in [0.1, 0.15) is 5.76 Å². The highest BCUT2D eigenvalue weighted by Crippen LogP contribution is 2.24. The topological polar surface area (TPSA) is 44.8 Å². The lowest BCUT2D eigenvalue weighted by molar-refractivity contribution is -0.135. The molecular weight excluding hydrogens is 292 g/mol. The second kappa shape index (κ2) is 10.4. The summed E-state index contributed by atoms with van der Waals surface area (Å²) in [5.41, 5.74) is 1.07. The third kappa shape index (κ3) is 6.12. The maximum absolute atomic E-state index is 11.5. The van der Waals surface area contributed by atoms with E-state index in [9.17, 15) is 4.79 Å². The summed E-state index contributed by atoms with van der Waals surface area (Å²) in [5.74, 6) is -0.124. The first kappa shape index (κ1) is 18.7. The monoisotopic (exact) mass is 316 g/mol. The molecule has 1 aromatic carbocycles. The van der Waals surface area contributed by atoms with Crippen LogP contribution in [0.5, 0.6) is 0 Å². The lowest BCUT2D eigenvalue weighted by Crippen LogP contribution is -2.24. The lowest BCUT2D eigenvalue weighted by atomic mass is 9.94. The Balaban J connectivity index is 3.03. The van der Waals surface area contributed by atoms with E-state index in [1.807, 2.05) is 42.5 Å². The molecule has 23 heavy (non-hydrogen) atoms. The van der Waals surface area contributed by atoms with Crippen LogP contribution >= 0.6 is 0 Å². The Labute approximate surface area is 138 Å². The molecule has 0 fully saturated rings. The van der Waals surface area contributed by atoms with Crippen LogP contribution in [0.25, 0.3) is 6.08 Å². The molecule has 1 aromatic rings. The minimum absolute atomic E-state index is 0.165. The van der Waals surface area contributed by atoms with Gasteiger partial charge < -0.3 is 14.2 Å². The second-order valence-corrected chi connectivity index (χ2v) is 4.87. The van der Waals surface area contributed by atoms with Crippen molar-refractivity contribution in [3.05, 3.63) is 66.5 Å². The van der Waals surface area contributed by atoms with Gasteiger partial charge in [-0.3, -0.25) is 0 Å². The number of allylic oxidation sites excluding steroid dienone is 1. The minimum atomic E-state index is -0.460. The Hall–Kier alpha value is -2.33. The molecule has 0 spiro atoms. The predicted molar refractivity (Wildman–Crippen MR) is 91.7 cm³/mol. The molecule has 0 radical (unpaired) electrons. The third-order valence-electron chi connectivity index (χ3n) is 3.43. The first-order valence-corrected chi connectivity index (χ1v) is 7.36. The molecule has 2 unspecified atom stereocenters. The fourth-order valence-electron chi connectivity index (χ4n) is 2.23. The maximum atomic E-state index is 11.5. The zero-order valence-electron chi connectivity index (χ0n) is 13.9. The molecule has 1 rings (SSSR count). The lowest BCUT2D eigenvalue weighted by Gasteiger charge is -2.24. The molecule has 0 heterocycles. The van der Waals surface area contributed by atoms with Gasteiger partial charge in [-0.05, 0) is 12.0 Å². The Morgan fingerprint density at radius 2 is 1.87 bits per heavy atom. The molecule has 4 nitrogen and oxygen atoms in total. The van der Waals surface area contributed by atoms with Gasteiger partial charge in [-0.1, -0.05) is 48.6 Å². The molecule has 0 saturated carbocycles. The van der Waals surface area contributed by atoms with Gasteiger partial charge in [-0.2, -0.15) is 0 Å². The van der Waals surface area contributed by atoms with Crippen molar-refractivity contribution < 1.29 is 19.0 Å². The summed E-state index contributed by atoms with van der Waals surface area (Å²) in [7, 11) is 4.48. The maximum Gasteiger partial charge on any atom is 0.333 e. The van der Waals surface area contributed by atoms with Gasteiger partial charge in [0.2, 0.25) is 0 Å². The highest BCUT2D eigenvalue weighted by atomic mass is 16.5. The zero-order chi connectivity index (χ0) is 17.1. The van der Waals surface area contributed by atoms with Crippen LogP contribution in [-0.4, -0.2) is 33.4 Å². The summed E-state index contributed by atoms with van der Waals surface area (Å²) >= 11 is 0. The first-order valence-electron chi connectivity index (χ1n) is 7.36. The Morgan fingerprint density at radius 1 is 1.17 bits per heavy atom. The molecule has 2 atom stereocenters. The SMILES string of the molecule is C=CCC(/C(=C/C(=O)OC)OC)C(/C=C/c1ccccc1)OC. The Kier molecular flexibility index (Phi) is 8.47. The number of esters is 1. The summed E-state index contributed by atoms with van der Waals surface area (Å²) in [6, 6.07) is 9.93. The highest BCUT2D eigenvalue weighted by molar-refractivity contribution is 5.82. The van der Waals surface area contributed by atoms with E-state index in [1.54, 1.807) is 13.2 Å². The van der Waals surface area contributed by atoms with Gasteiger partial charge in [0.05, 0.1) is 32.3 Å². The van der Waals surface area contributed by atoms with Crippen LogP contribution in [0.3, 0.4) is 0 Å². The number of methoxy groups -OCH3 is 3. The van der Waals surface area contributed by atoms with Crippen LogP contribution in [0.2, 0.25) is 0 Å². The Morgan fingerprint density at radius 3 is 2.39 bits per heavy atom. The summed E-state index contributed by atoms with van der Waals surface area (Å²) < 4.78 is 15.6. The number of carbonyl (C=O) groups is 1. The molecule has 4 heteroatoms. The second-order valence-electron chi connectivity index (χ2n) is 4.87. The molecule has 0 aliphatic carbocycles. The van der Waals surface area contributed by atoms with Crippen LogP contribution < -0.4 is 0 Å². The quantitative estimate of drug-likeness (QED) is 0.302. The zero-order valence-corrected chi connectivity index (χ0v) is 13.9. The van der Waals surface area contributed by atoms with Crippen LogP contribution in [0, 0.1) is 5.92 Å². The number of hydrogen-bond acceptors (Lipinski definition) is 4. The van der Waals surface area contributed by atoms with Crippen LogP contribution in [0.4, 0.5) is 0 Å². The van der Waals surface area contributed by atoms with Crippen molar-refractivity contribution in [3.8, 4) is 0 Å². The summed E-state index contributed by atoms with van der Waals surface area (Å²) in [6.07, 6.45) is 7.40. The summed E-state index contributed by atoms with van der Waals surface area (Å²) in [5, 5.41) is 0. The molecule has 0 N–H and O–H groups in total. The van der Waals surface area contributed by atoms with Crippen LogP contribution in [0.1, 0.15) is 12.0 Å². The predicted octanol–water partition coefficient (Wildman–Crippen LogP) is 3.61. The van der Waals surface area contributed by atoms with E-state index < -0.39 is 5.97 Å². The molecule has 0 bridgehead atoms. The molecule has 0 aliphatic heterocycles. The van der Waals surface area contributed by atoms with E-state index in [-0.39, 0.29) is 12.0 Å². The molecule has 0 saturated heterocycles. The van der Waals surface area contributed by atoms with Crippen molar-refractivity contribution in [3.63, 3.8) is 0 Å². The van der Waals surface area contributed by atoms with Crippen LogP contribution in [0.15, 0.2) is 60.9 Å². The summed E-state index contributed by atoms with van der Waals surface area (Å²) in [4.78, 5) is 11.5. The number of carbonyl (C=O) groups excluding carboxylic acids is 1. The van der Waals surface area contributed by atoms with Gasteiger partial charge in [0, 0.05) is 7.11 Å². The van der Waals surface area contributed by atoms with Crippen molar-refractivity contribution in [1.82, 2.24) is 0 Å². The average Bonchev–Trinajstić information content (AvgIpc) is 2.60. The number of benzene rings is 1. The van der Waals surface area contributed by atoms with Gasteiger partial charge in [-0.15, -0.1) is 6.58 Å². The van der Waals surface area contributed by atoms with Crippen molar-refractivity contribution in [1.29, 1.82) is 0 Å². The van der Waals surface area contributed by atoms with E-state index >= 15 is 0 Å². The normalized spacial score (nSPS) is 14.3. The molecular formula is C19H24O4. The average molecular weight is 316 g/mol. The smallest absolute Gasteiger partial charge is 0.333 e. The van der Waals surface area contributed by atoms with Gasteiger partial charge in [-0.25, -0.2) is 4.79 Å². The van der Waals surface area contributed by atoms with Crippen molar-refractivity contribution in [2.75, 3.05) is 21.3 Å². The van der Waals surface area contributed by atoms with E-state index in [0.717, 1.165) is 5.56 Å². The van der Waals surface area contributed by atoms with Crippen molar-refractivity contribution >= 4 is 12.0 Å². The molecule has 124 valence electrons. The molecule has 0 aromatic heterocycles. The fourth-order valence-corrected chi connectivity index (χ4v) is 2.23.